The van der Waals surface area contributed by atoms with E-state index < -0.39 is 5.60 Å². The standard InChI is InChI=1S/C20H39N5O2/c1-20(2,3)27-19(26)25-13-11-24(12-14-25)18-15-21-6-5-17(18)16-23-9-7-22(4)8-10-23/h17-18,21H,5-16H2,1-4H3. The summed E-state index contributed by atoms with van der Waals surface area (Å²) in [4.78, 5) is 21.9. The molecule has 2 unspecified atom stereocenters. The third-order valence-electron chi connectivity index (χ3n) is 6.11. The molecule has 0 saturated carbocycles. The number of carbonyl (C=O) groups is 1. The van der Waals surface area contributed by atoms with E-state index >= 15 is 0 Å². The summed E-state index contributed by atoms with van der Waals surface area (Å²) in [7, 11) is 2.22. The maximum absolute atomic E-state index is 12.3. The molecular weight excluding hydrogens is 342 g/mol. The fourth-order valence-electron chi connectivity index (χ4n) is 4.46. The van der Waals surface area contributed by atoms with Crippen molar-refractivity contribution >= 4 is 6.09 Å². The Balaban J connectivity index is 1.50. The zero-order valence-electron chi connectivity index (χ0n) is 17.7. The molecule has 3 saturated heterocycles. The predicted molar refractivity (Wildman–Crippen MR) is 108 cm³/mol. The third-order valence-corrected chi connectivity index (χ3v) is 6.11. The lowest BCUT2D eigenvalue weighted by Crippen LogP contribution is -2.60. The monoisotopic (exact) mass is 381 g/mol. The van der Waals surface area contributed by atoms with E-state index in [-0.39, 0.29) is 6.09 Å². The van der Waals surface area contributed by atoms with Gasteiger partial charge in [-0.05, 0) is 46.7 Å². The maximum Gasteiger partial charge on any atom is 0.410 e. The van der Waals surface area contributed by atoms with Crippen LogP contribution < -0.4 is 5.32 Å². The highest BCUT2D eigenvalue weighted by Crippen LogP contribution is 2.22. The van der Waals surface area contributed by atoms with Crippen LogP contribution in [0.4, 0.5) is 4.79 Å². The Bertz CT molecular complexity index is 479. The van der Waals surface area contributed by atoms with Gasteiger partial charge >= 0.3 is 6.09 Å². The minimum Gasteiger partial charge on any atom is -0.444 e. The number of rotatable bonds is 3. The van der Waals surface area contributed by atoms with E-state index in [4.69, 9.17) is 4.74 Å². The van der Waals surface area contributed by atoms with Crippen molar-refractivity contribution in [1.29, 1.82) is 0 Å². The molecule has 0 aromatic rings. The van der Waals surface area contributed by atoms with Crippen LogP contribution in [0.25, 0.3) is 0 Å². The van der Waals surface area contributed by atoms with E-state index in [0.29, 0.717) is 6.04 Å². The Morgan fingerprint density at radius 1 is 1.04 bits per heavy atom. The molecule has 3 aliphatic rings. The van der Waals surface area contributed by atoms with Gasteiger partial charge in [0, 0.05) is 71.5 Å². The van der Waals surface area contributed by atoms with Crippen LogP contribution in [0.1, 0.15) is 27.2 Å². The van der Waals surface area contributed by atoms with Crippen molar-refractivity contribution in [2.24, 2.45) is 5.92 Å². The Morgan fingerprint density at radius 2 is 1.70 bits per heavy atom. The summed E-state index contributed by atoms with van der Waals surface area (Å²) in [5.74, 6) is 0.725. The molecule has 3 fully saturated rings. The van der Waals surface area contributed by atoms with Gasteiger partial charge < -0.3 is 24.8 Å². The first-order valence-corrected chi connectivity index (χ1v) is 10.7. The molecular formula is C20H39N5O2. The topological polar surface area (TPSA) is 51.3 Å². The number of nitrogens with zero attached hydrogens (tertiary/aromatic N) is 4. The fraction of sp³-hybridized carbons (Fsp3) is 0.950. The molecule has 1 N–H and O–H groups in total. The third kappa shape index (κ3) is 6.04. The molecule has 0 spiro atoms. The summed E-state index contributed by atoms with van der Waals surface area (Å²) in [6.45, 7) is 17.4. The van der Waals surface area contributed by atoms with E-state index in [9.17, 15) is 4.79 Å². The zero-order valence-corrected chi connectivity index (χ0v) is 17.7. The van der Waals surface area contributed by atoms with E-state index in [1.54, 1.807) is 0 Å². The van der Waals surface area contributed by atoms with Crippen LogP contribution in [0.2, 0.25) is 0 Å². The molecule has 3 rings (SSSR count). The van der Waals surface area contributed by atoms with Gasteiger partial charge in [-0.15, -0.1) is 0 Å². The molecule has 3 aliphatic heterocycles. The zero-order chi connectivity index (χ0) is 19.4. The minimum absolute atomic E-state index is 0.169. The Kier molecular flexibility index (Phi) is 7.00. The molecule has 27 heavy (non-hydrogen) atoms. The van der Waals surface area contributed by atoms with Crippen LogP contribution in [-0.4, -0.2) is 116 Å². The minimum atomic E-state index is -0.422. The Morgan fingerprint density at radius 3 is 2.33 bits per heavy atom. The lowest BCUT2D eigenvalue weighted by molar-refractivity contribution is 0.00103. The smallest absolute Gasteiger partial charge is 0.410 e. The highest BCUT2D eigenvalue weighted by molar-refractivity contribution is 5.68. The van der Waals surface area contributed by atoms with Crippen molar-refractivity contribution in [2.45, 2.75) is 38.8 Å². The molecule has 1 amide bonds. The quantitative estimate of drug-likeness (QED) is 0.779. The molecule has 0 aliphatic carbocycles. The van der Waals surface area contributed by atoms with E-state index in [0.717, 1.165) is 45.2 Å². The Labute approximate surface area is 165 Å². The normalized spacial score (nSPS) is 29.7. The van der Waals surface area contributed by atoms with Gasteiger partial charge in [-0.2, -0.15) is 0 Å². The van der Waals surface area contributed by atoms with E-state index in [1.807, 2.05) is 25.7 Å². The van der Waals surface area contributed by atoms with Gasteiger partial charge in [0.1, 0.15) is 5.60 Å². The average molecular weight is 382 g/mol. The van der Waals surface area contributed by atoms with Crippen LogP contribution >= 0.6 is 0 Å². The van der Waals surface area contributed by atoms with Crippen LogP contribution in [0.3, 0.4) is 0 Å². The van der Waals surface area contributed by atoms with E-state index in [2.05, 4.69) is 27.1 Å². The first-order chi connectivity index (χ1) is 12.8. The van der Waals surface area contributed by atoms with Crippen LogP contribution in [-0.2, 0) is 4.74 Å². The van der Waals surface area contributed by atoms with Crippen molar-refractivity contribution < 1.29 is 9.53 Å². The van der Waals surface area contributed by atoms with Crippen LogP contribution in [0.5, 0.6) is 0 Å². The number of hydrogen-bond donors (Lipinski definition) is 1. The van der Waals surface area contributed by atoms with E-state index in [1.165, 1.54) is 39.1 Å². The van der Waals surface area contributed by atoms with Gasteiger partial charge in [0.05, 0.1) is 0 Å². The van der Waals surface area contributed by atoms with Crippen molar-refractivity contribution in [1.82, 2.24) is 24.9 Å². The number of ether oxygens (including phenoxy) is 1. The van der Waals surface area contributed by atoms with Gasteiger partial charge in [0.15, 0.2) is 0 Å². The van der Waals surface area contributed by atoms with Crippen molar-refractivity contribution in [3.8, 4) is 0 Å². The first-order valence-electron chi connectivity index (χ1n) is 10.7. The molecule has 0 aromatic heterocycles. The lowest BCUT2D eigenvalue weighted by Gasteiger charge is -2.46. The predicted octanol–water partition coefficient (Wildman–Crippen LogP) is 0.765. The molecule has 7 nitrogen and oxygen atoms in total. The highest BCUT2D eigenvalue weighted by atomic mass is 16.6. The molecule has 0 aromatic carbocycles. The van der Waals surface area contributed by atoms with Gasteiger partial charge in [-0.25, -0.2) is 4.79 Å². The molecule has 7 heteroatoms. The number of piperazine rings is 2. The second-order valence-corrected chi connectivity index (χ2v) is 9.43. The number of amides is 1. The largest absolute Gasteiger partial charge is 0.444 e. The Hall–Kier alpha value is -0.890. The SMILES string of the molecule is CN1CCN(CC2CCNCC2N2CCN(C(=O)OC(C)(C)C)CC2)CC1. The van der Waals surface area contributed by atoms with Gasteiger partial charge in [0.25, 0.3) is 0 Å². The molecule has 0 bridgehead atoms. The fourth-order valence-corrected chi connectivity index (χ4v) is 4.46. The maximum atomic E-state index is 12.3. The number of hydrogen-bond acceptors (Lipinski definition) is 6. The molecule has 0 radical (unpaired) electrons. The second-order valence-electron chi connectivity index (χ2n) is 9.43. The number of piperidine rings is 1. The molecule has 3 heterocycles. The van der Waals surface area contributed by atoms with Gasteiger partial charge in [-0.3, -0.25) is 4.90 Å². The van der Waals surface area contributed by atoms with Crippen molar-refractivity contribution in [2.75, 3.05) is 79.0 Å². The van der Waals surface area contributed by atoms with Crippen molar-refractivity contribution in [3.05, 3.63) is 0 Å². The number of carbonyl (C=O) groups excluding carboxylic acids is 1. The summed E-state index contributed by atoms with van der Waals surface area (Å²) >= 11 is 0. The second kappa shape index (κ2) is 9.07. The average Bonchev–Trinajstić information content (AvgIpc) is 2.63. The number of nitrogens with one attached hydrogen (secondary N) is 1. The molecule has 156 valence electrons. The summed E-state index contributed by atoms with van der Waals surface area (Å²) in [5.41, 5.74) is -0.422. The number of likely N-dealkylation sites (N-methyl/N-ethyl adjacent to an activating group) is 1. The summed E-state index contributed by atoms with van der Waals surface area (Å²) in [6.07, 6.45) is 1.08. The summed E-state index contributed by atoms with van der Waals surface area (Å²) in [6, 6.07) is 0.583. The van der Waals surface area contributed by atoms with Crippen molar-refractivity contribution in [3.63, 3.8) is 0 Å². The lowest BCUT2D eigenvalue weighted by atomic mass is 9.90. The van der Waals surface area contributed by atoms with Crippen LogP contribution in [0, 0.1) is 5.92 Å². The first kappa shape index (κ1) is 20.8. The summed E-state index contributed by atoms with van der Waals surface area (Å²) in [5, 5.41) is 3.60. The van der Waals surface area contributed by atoms with Gasteiger partial charge in [0.2, 0.25) is 0 Å². The summed E-state index contributed by atoms with van der Waals surface area (Å²) < 4.78 is 5.53. The molecule has 2 atom stereocenters. The highest BCUT2D eigenvalue weighted by Gasteiger charge is 2.35. The van der Waals surface area contributed by atoms with Gasteiger partial charge in [-0.1, -0.05) is 0 Å². The van der Waals surface area contributed by atoms with Crippen LogP contribution in [0.15, 0.2) is 0 Å².